The zero-order chi connectivity index (χ0) is 17.9. The van der Waals surface area contributed by atoms with Crippen LogP contribution in [0.3, 0.4) is 0 Å². The summed E-state index contributed by atoms with van der Waals surface area (Å²) in [5, 5.41) is 1.58. The smallest absolute Gasteiger partial charge is 0.336 e. The van der Waals surface area contributed by atoms with Crippen molar-refractivity contribution in [2.45, 2.75) is 0 Å². The summed E-state index contributed by atoms with van der Waals surface area (Å²) < 4.78 is 10.5. The molecule has 6 nitrogen and oxygen atoms in total. The third-order valence-electron chi connectivity index (χ3n) is 3.88. The van der Waals surface area contributed by atoms with E-state index in [-0.39, 0.29) is 0 Å². The van der Waals surface area contributed by atoms with Crippen molar-refractivity contribution in [3.05, 3.63) is 73.1 Å². The number of hydrogen-bond acceptors (Lipinski definition) is 4. The Morgan fingerprint density at radius 3 is 1.58 bits per heavy atom. The van der Waals surface area contributed by atoms with Gasteiger partial charge in [0.2, 0.25) is 0 Å². The van der Waals surface area contributed by atoms with E-state index in [1.165, 1.54) is 0 Å². The van der Waals surface area contributed by atoms with Crippen molar-refractivity contribution in [1.82, 2.24) is 9.97 Å². The number of carbonyl (C=O) groups excluding carboxylic acids is 2. The molecule has 0 radical (unpaired) electrons. The van der Waals surface area contributed by atoms with Gasteiger partial charge in [-0.25, -0.2) is 9.59 Å². The Labute approximate surface area is 148 Å². The van der Waals surface area contributed by atoms with Crippen LogP contribution in [0.5, 0.6) is 11.5 Å². The molecule has 6 heteroatoms. The number of H-pyrrole nitrogens is 2. The van der Waals surface area contributed by atoms with Crippen LogP contribution in [0.1, 0.15) is 0 Å². The van der Waals surface area contributed by atoms with E-state index in [2.05, 4.69) is 9.97 Å². The van der Waals surface area contributed by atoms with Crippen LogP contribution in [0.4, 0.5) is 0 Å². The van der Waals surface area contributed by atoms with E-state index in [0.717, 1.165) is 34.0 Å². The third-order valence-corrected chi connectivity index (χ3v) is 3.88. The SMILES string of the molecule is O=C(/C=C/C(=O)Oc1c[nH]c2ccccc12)Oc1c[nH]c2ccccc12. The van der Waals surface area contributed by atoms with E-state index in [1.807, 2.05) is 48.5 Å². The quantitative estimate of drug-likeness (QED) is 0.436. The largest absolute Gasteiger partial charge is 0.421 e. The molecule has 4 rings (SSSR count). The molecule has 0 saturated heterocycles. The number of hydrogen-bond donors (Lipinski definition) is 2. The third kappa shape index (κ3) is 3.08. The van der Waals surface area contributed by atoms with Gasteiger partial charge >= 0.3 is 11.9 Å². The zero-order valence-electron chi connectivity index (χ0n) is 13.6. The fraction of sp³-hybridized carbons (Fsp3) is 0. The predicted octanol–water partition coefficient (Wildman–Crippen LogP) is 3.72. The summed E-state index contributed by atoms with van der Waals surface area (Å²) in [6, 6.07) is 14.9. The molecule has 2 heterocycles. The minimum absolute atomic E-state index is 0.403. The topological polar surface area (TPSA) is 84.2 Å². The summed E-state index contributed by atoms with van der Waals surface area (Å²) >= 11 is 0. The molecule has 0 atom stereocenters. The second-order valence-electron chi connectivity index (χ2n) is 5.57. The van der Waals surface area contributed by atoms with Gasteiger partial charge in [-0.05, 0) is 24.3 Å². The molecule has 0 saturated carbocycles. The minimum atomic E-state index is -0.661. The fourth-order valence-electron chi connectivity index (χ4n) is 2.68. The van der Waals surface area contributed by atoms with Crippen LogP contribution in [0.25, 0.3) is 21.8 Å². The van der Waals surface area contributed by atoms with Crippen LogP contribution < -0.4 is 9.47 Å². The summed E-state index contributed by atoms with van der Waals surface area (Å²) in [4.78, 5) is 29.9. The molecule has 0 spiro atoms. The molecular weight excluding hydrogens is 332 g/mol. The van der Waals surface area contributed by atoms with Crippen LogP contribution in [0.2, 0.25) is 0 Å². The lowest BCUT2D eigenvalue weighted by Crippen LogP contribution is -2.08. The normalized spacial score (nSPS) is 11.2. The fourth-order valence-corrected chi connectivity index (χ4v) is 2.68. The molecule has 26 heavy (non-hydrogen) atoms. The summed E-state index contributed by atoms with van der Waals surface area (Å²) in [6.45, 7) is 0. The predicted molar refractivity (Wildman–Crippen MR) is 97.0 cm³/mol. The number of aromatic amines is 2. The molecule has 0 aliphatic rings. The Morgan fingerprint density at radius 1 is 0.692 bits per heavy atom. The van der Waals surface area contributed by atoms with Crippen molar-refractivity contribution in [1.29, 1.82) is 0 Å². The van der Waals surface area contributed by atoms with Gasteiger partial charge in [0.1, 0.15) is 0 Å². The Hall–Kier alpha value is -3.80. The van der Waals surface area contributed by atoms with Crippen molar-refractivity contribution in [3.8, 4) is 11.5 Å². The van der Waals surface area contributed by atoms with Crippen molar-refractivity contribution in [3.63, 3.8) is 0 Å². The Balaban J connectivity index is 1.42. The number of para-hydroxylation sites is 2. The molecule has 4 aromatic rings. The van der Waals surface area contributed by atoms with Gasteiger partial charge in [-0.2, -0.15) is 0 Å². The number of fused-ring (bicyclic) bond motifs is 2. The molecule has 0 aliphatic heterocycles. The maximum Gasteiger partial charge on any atom is 0.336 e. The molecular formula is C20H14N2O4. The lowest BCUT2D eigenvalue weighted by molar-refractivity contribution is -0.131. The van der Waals surface area contributed by atoms with Gasteiger partial charge < -0.3 is 19.4 Å². The number of rotatable bonds is 4. The molecule has 0 aliphatic carbocycles. The molecule has 0 amide bonds. The van der Waals surface area contributed by atoms with Crippen LogP contribution in [-0.4, -0.2) is 21.9 Å². The summed E-state index contributed by atoms with van der Waals surface area (Å²) in [5.74, 6) is -0.517. The van der Waals surface area contributed by atoms with Crippen LogP contribution in [0.15, 0.2) is 73.1 Å². The maximum atomic E-state index is 11.9. The van der Waals surface area contributed by atoms with Crippen molar-refractivity contribution in [2.75, 3.05) is 0 Å². The summed E-state index contributed by atoms with van der Waals surface area (Å²) in [6.07, 6.45) is 5.28. The number of esters is 2. The summed E-state index contributed by atoms with van der Waals surface area (Å²) in [5.41, 5.74) is 1.72. The van der Waals surface area contributed by atoms with Gasteiger partial charge in [-0.1, -0.05) is 24.3 Å². The van der Waals surface area contributed by atoms with E-state index < -0.39 is 11.9 Å². The second kappa shape index (κ2) is 6.60. The minimum Gasteiger partial charge on any atom is -0.421 e. The van der Waals surface area contributed by atoms with Crippen molar-refractivity contribution in [2.24, 2.45) is 0 Å². The van der Waals surface area contributed by atoms with Gasteiger partial charge in [0, 0.05) is 46.4 Å². The highest BCUT2D eigenvalue weighted by Gasteiger charge is 2.10. The molecule has 2 aromatic heterocycles. The van der Waals surface area contributed by atoms with Crippen LogP contribution in [-0.2, 0) is 9.59 Å². The first-order valence-electron chi connectivity index (χ1n) is 7.94. The number of benzene rings is 2. The summed E-state index contributed by atoms with van der Waals surface area (Å²) in [7, 11) is 0. The number of ether oxygens (including phenoxy) is 2. The Kier molecular flexibility index (Phi) is 3.99. The standard InChI is InChI=1S/C20H14N2O4/c23-19(25-17-11-21-15-7-3-1-5-13(15)17)9-10-20(24)26-18-12-22-16-8-4-2-6-14(16)18/h1-12,21-22H/b10-9+. The highest BCUT2D eigenvalue weighted by atomic mass is 16.5. The highest BCUT2D eigenvalue weighted by molar-refractivity contribution is 5.97. The highest BCUT2D eigenvalue weighted by Crippen LogP contribution is 2.26. The van der Waals surface area contributed by atoms with Crippen molar-refractivity contribution >= 4 is 33.7 Å². The van der Waals surface area contributed by atoms with E-state index in [1.54, 1.807) is 12.4 Å². The maximum absolute atomic E-state index is 11.9. The number of aromatic nitrogens is 2. The lowest BCUT2D eigenvalue weighted by Gasteiger charge is -2.00. The van der Waals surface area contributed by atoms with Gasteiger partial charge in [-0.15, -0.1) is 0 Å². The first kappa shape index (κ1) is 15.7. The second-order valence-corrected chi connectivity index (χ2v) is 5.57. The Morgan fingerprint density at radius 2 is 1.12 bits per heavy atom. The first-order valence-corrected chi connectivity index (χ1v) is 7.94. The zero-order valence-corrected chi connectivity index (χ0v) is 13.6. The van der Waals surface area contributed by atoms with E-state index >= 15 is 0 Å². The average molecular weight is 346 g/mol. The van der Waals surface area contributed by atoms with E-state index in [0.29, 0.717) is 11.5 Å². The van der Waals surface area contributed by atoms with E-state index in [9.17, 15) is 9.59 Å². The van der Waals surface area contributed by atoms with E-state index in [4.69, 9.17) is 9.47 Å². The molecule has 0 unspecified atom stereocenters. The number of nitrogens with one attached hydrogen (secondary N) is 2. The molecule has 0 fully saturated rings. The molecule has 0 bridgehead atoms. The molecule has 2 N–H and O–H groups in total. The van der Waals surface area contributed by atoms with Crippen LogP contribution in [0, 0.1) is 0 Å². The first-order chi connectivity index (χ1) is 12.7. The van der Waals surface area contributed by atoms with Gasteiger partial charge in [0.05, 0.1) is 0 Å². The van der Waals surface area contributed by atoms with Gasteiger partial charge in [0.15, 0.2) is 11.5 Å². The van der Waals surface area contributed by atoms with Crippen molar-refractivity contribution < 1.29 is 19.1 Å². The van der Waals surface area contributed by atoms with Crippen LogP contribution >= 0.6 is 0 Å². The molecule has 128 valence electrons. The Bertz CT molecular complexity index is 1050. The molecule has 2 aromatic carbocycles. The average Bonchev–Trinajstić information content (AvgIpc) is 3.25. The lowest BCUT2D eigenvalue weighted by atomic mass is 10.2. The number of carbonyl (C=O) groups is 2. The van der Waals surface area contributed by atoms with Gasteiger partial charge in [-0.3, -0.25) is 0 Å². The monoisotopic (exact) mass is 346 g/mol. The van der Waals surface area contributed by atoms with Gasteiger partial charge in [0.25, 0.3) is 0 Å².